The van der Waals surface area contributed by atoms with Gasteiger partial charge in [-0.15, -0.1) is 0 Å². The third kappa shape index (κ3) is 1.91. The quantitative estimate of drug-likeness (QED) is 0.716. The summed E-state index contributed by atoms with van der Waals surface area (Å²) >= 11 is 0. The molecule has 0 saturated heterocycles. The Morgan fingerprint density at radius 3 is 2.47 bits per heavy atom. The average molecular weight is 220 g/mol. The molecular weight excluding hydrogens is 207 g/mol. The van der Waals surface area contributed by atoms with Gasteiger partial charge in [0.2, 0.25) is 0 Å². The maximum Gasteiger partial charge on any atom is 0.395 e. The average Bonchev–Trinajstić information content (AvgIpc) is 3.12. The van der Waals surface area contributed by atoms with Gasteiger partial charge in [-0.05, 0) is 54.7 Å². The number of hydrogen-bond acceptors (Lipinski definition) is 2. The molecule has 0 heterocycles. The minimum Gasteiger partial charge on any atom is -0.407 e. The first-order valence-electron chi connectivity index (χ1n) is 5.52. The summed E-state index contributed by atoms with van der Waals surface area (Å²) in [7, 11) is -0.249. The Morgan fingerprint density at radius 1 is 1.13 bits per heavy atom. The van der Waals surface area contributed by atoms with Crippen molar-refractivity contribution in [1.29, 1.82) is 0 Å². The fourth-order valence-electron chi connectivity index (χ4n) is 2.07. The first kappa shape index (κ1) is 9.35. The molecule has 15 heavy (non-hydrogen) atoms. The maximum absolute atomic E-state index is 10.5. The maximum atomic E-state index is 10.5. The fraction of sp³-hybridized carbons (Fsp3) is 0.500. The summed E-state index contributed by atoms with van der Waals surface area (Å²) in [6.07, 6.45) is 5.15. The van der Waals surface area contributed by atoms with E-state index in [1.807, 2.05) is 6.07 Å². The summed E-state index contributed by atoms with van der Waals surface area (Å²) < 4.78 is 15.6. The van der Waals surface area contributed by atoms with Gasteiger partial charge >= 0.3 is 8.69 Å². The van der Waals surface area contributed by atoms with Crippen molar-refractivity contribution in [2.24, 2.45) is 0 Å². The summed E-state index contributed by atoms with van der Waals surface area (Å²) in [5, 5.41) is 0. The van der Waals surface area contributed by atoms with Crippen molar-refractivity contribution in [2.75, 3.05) is 0 Å². The summed E-state index contributed by atoms with van der Waals surface area (Å²) in [5.74, 6) is 2.24. The van der Waals surface area contributed by atoms with E-state index >= 15 is 0 Å². The highest BCUT2D eigenvalue weighted by molar-refractivity contribution is 7.17. The smallest absolute Gasteiger partial charge is 0.395 e. The Labute approximate surface area is 90.9 Å². The molecule has 2 nitrogen and oxygen atoms in total. The molecule has 0 amide bonds. The lowest BCUT2D eigenvalue weighted by Crippen LogP contribution is -1.89. The third-order valence-corrected chi connectivity index (χ3v) is 3.51. The molecule has 1 aromatic rings. The van der Waals surface area contributed by atoms with Gasteiger partial charge in [0, 0.05) is 0 Å². The Kier molecular flexibility index (Phi) is 2.25. The molecule has 0 N–H and O–H groups in total. The first-order valence-corrected chi connectivity index (χ1v) is 6.25. The highest BCUT2D eigenvalue weighted by Crippen LogP contribution is 2.48. The van der Waals surface area contributed by atoms with Crippen LogP contribution >= 0.6 is 8.69 Å². The van der Waals surface area contributed by atoms with Gasteiger partial charge in [0.05, 0.1) is 0 Å². The predicted octanol–water partition coefficient (Wildman–Crippen LogP) is 4.03. The summed E-state index contributed by atoms with van der Waals surface area (Å²) in [6, 6.07) is 6.35. The molecule has 0 radical (unpaired) electrons. The van der Waals surface area contributed by atoms with Gasteiger partial charge in [0.25, 0.3) is 0 Å². The van der Waals surface area contributed by atoms with E-state index in [2.05, 4.69) is 12.1 Å². The van der Waals surface area contributed by atoms with Crippen LogP contribution in [-0.4, -0.2) is 0 Å². The fourth-order valence-corrected chi connectivity index (χ4v) is 2.32. The molecule has 0 spiro atoms. The predicted molar refractivity (Wildman–Crippen MR) is 58.6 cm³/mol. The highest BCUT2D eigenvalue weighted by atomic mass is 31.1. The molecular formula is C12H13O2P. The Hall–Kier alpha value is -0.880. The van der Waals surface area contributed by atoms with Crippen molar-refractivity contribution in [3.05, 3.63) is 29.3 Å². The second kappa shape index (κ2) is 3.61. The number of hydrogen-bond donors (Lipinski definition) is 0. The Bertz CT molecular complexity index is 395. The van der Waals surface area contributed by atoms with Gasteiger partial charge in [-0.3, -0.25) is 0 Å². The molecule has 2 aliphatic rings. The van der Waals surface area contributed by atoms with Crippen LogP contribution in [0.25, 0.3) is 0 Å². The molecule has 0 unspecified atom stereocenters. The van der Waals surface area contributed by atoms with Crippen molar-refractivity contribution in [3.8, 4) is 5.75 Å². The lowest BCUT2D eigenvalue weighted by atomic mass is 10.0. The summed E-state index contributed by atoms with van der Waals surface area (Å²) in [6.45, 7) is 0. The SMILES string of the molecule is O=POc1ccc(C2CC2)cc1C1CC1. The van der Waals surface area contributed by atoms with E-state index in [0.717, 1.165) is 11.7 Å². The van der Waals surface area contributed by atoms with Crippen molar-refractivity contribution < 1.29 is 9.09 Å². The summed E-state index contributed by atoms with van der Waals surface area (Å²) in [5.41, 5.74) is 2.70. The zero-order valence-electron chi connectivity index (χ0n) is 8.48. The van der Waals surface area contributed by atoms with E-state index in [9.17, 15) is 4.57 Å². The van der Waals surface area contributed by atoms with Gasteiger partial charge < -0.3 is 4.52 Å². The van der Waals surface area contributed by atoms with Crippen LogP contribution in [0.1, 0.15) is 48.6 Å². The van der Waals surface area contributed by atoms with Crippen molar-refractivity contribution in [1.82, 2.24) is 0 Å². The van der Waals surface area contributed by atoms with Crippen molar-refractivity contribution in [3.63, 3.8) is 0 Å². The molecule has 3 rings (SSSR count). The van der Waals surface area contributed by atoms with E-state index in [4.69, 9.17) is 4.52 Å². The van der Waals surface area contributed by atoms with Gasteiger partial charge in [-0.1, -0.05) is 12.1 Å². The Balaban J connectivity index is 1.95. The van der Waals surface area contributed by atoms with E-state index in [1.54, 1.807) is 0 Å². The van der Waals surface area contributed by atoms with Gasteiger partial charge in [0.15, 0.2) is 0 Å². The molecule has 3 heteroatoms. The van der Waals surface area contributed by atoms with E-state index < -0.39 is 0 Å². The summed E-state index contributed by atoms with van der Waals surface area (Å²) in [4.78, 5) is 0. The normalized spacial score (nSPS) is 20.5. The molecule has 0 bridgehead atoms. The van der Waals surface area contributed by atoms with Crippen LogP contribution in [-0.2, 0) is 4.57 Å². The van der Waals surface area contributed by atoms with Crippen LogP contribution < -0.4 is 4.52 Å². The van der Waals surface area contributed by atoms with Crippen LogP contribution in [0.3, 0.4) is 0 Å². The molecule has 2 fully saturated rings. The minimum absolute atomic E-state index is 0.249. The molecule has 2 saturated carbocycles. The molecule has 2 aliphatic carbocycles. The Morgan fingerprint density at radius 2 is 1.87 bits per heavy atom. The van der Waals surface area contributed by atoms with Crippen LogP contribution in [0.5, 0.6) is 5.75 Å². The largest absolute Gasteiger partial charge is 0.407 e. The van der Waals surface area contributed by atoms with Crippen molar-refractivity contribution in [2.45, 2.75) is 37.5 Å². The number of benzene rings is 1. The van der Waals surface area contributed by atoms with E-state index in [0.29, 0.717) is 5.92 Å². The lowest BCUT2D eigenvalue weighted by molar-refractivity contribution is 0.521. The third-order valence-electron chi connectivity index (χ3n) is 3.24. The van der Waals surface area contributed by atoms with Crippen LogP contribution in [0, 0.1) is 0 Å². The topological polar surface area (TPSA) is 26.3 Å². The van der Waals surface area contributed by atoms with Gasteiger partial charge in [-0.2, -0.15) is 0 Å². The van der Waals surface area contributed by atoms with E-state index in [1.165, 1.54) is 36.8 Å². The van der Waals surface area contributed by atoms with Crippen molar-refractivity contribution >= 4 is 8.69 Å². The minimum atomic E-state index is -0.249. The monoisotopic (exact) mass is 220 g/mol. The standard InChI is InChI=1S/C12H13O2P/c13-15-14-12-6-5-10(8-1-2-8)7-11(12)9-3-4-9/h5-9H,1-4H2. The molecule has 78 valence electrons. The van der Waals surface area contributed by atoms with Gasteiger partial charge in [0.1, 0.15) is 5.75 Å². The molecule has 0 aliphatic heterocycles. The second-order valence-electron chi connectivity index (χ2n) is 4.51. The zero-order valence-corrected chi connectivity index (χ0v) is 9.37. The highest BCUT2D eigenvalue weighted by Gasteiger charge is 2.30. The lowest BCUT2D eigenvalue weighted by Gasteiger charge is -2.07. The van der Waals surface area contributed by atoms with Crippen LogP contribution in [0.15, 0.2) is 18.2 Å². The van der Waals surface area contributed by atoms with Crippen LogP contribution in [0.4, 0.5) is 0 Å². The number of rotatable bonds is 4. The molecule has 0 atom stereocenters. The van der Waals surface area contributed by atoms with Crippen LogP contribution in [0.2, 0.25) is 0 Å². The molecule has 0 aromatic heterocycles. The zero-order chi connectivity index (χ0) is 10.3. The molecule has 1 aromatic carbocycles. The first-order chi connectivity index (χ1) is 7.38. The second-order valence-corrected chi connectivity index (χ2v) is 4.84. The van der Waals surface area contributed by atoms with E-state index in [-0.39, 0.29) is 8.69 Å². The van der Waals surface area contributed by atoms with Gasteiger partial charge in [-0.25, -0.2) is 4.57 Å².